The molecule has 1 aromatic heterocycles. The highest BCUT2D eigenvalue weighted by molar-refractivity contribution is 5.99. The third kappa shape index (κ3) is 2.97. The molecule has 0 spiro atoms. The fourth-order valence-electron chi connectivity index (χ4n) is 3.58. The van der Waals surface area contributed by atoms with Crippen LogP contribution in [0, 0.1) is 0 Å². The van der Waals surface area contributed by atoms with Gasteiger partial charge in [0.2, 0.25) is 0 Å². The Morgan fingerprint density at radius 2 is 1.30 bits per heavy atom. The topological polar surface area (TPSA) is 12.9 Å². The van der Waals surface area contributed by atoms with Crippen LogP contribution >= 0.6 is 0 Å². The number of pyridine rings is 1. The van der Waals surface area contributed by atoms with Crippen molar-refractivity contribution in [3.8, 4) is 0 Å². The van der Waals surface area contributed by atoms with Crippen molar-refractivity contribution in [1.29, 1.82) is 0 Å². The molecule has 120 valence electrons. The molecule has 0 aliphatic carbocycles. The highest BCUT2D eigenvalue weighted by Crippen LogP contribution is 2.31. The zero-order valence-electron chi connectivity index (χ0n) is 14.7. The number of aromatic nitrogens is 1. The Morgan fingerprint density at radius 1 is 0.739 bits per heavy atom. The van der Waals surface area contributed by atoms with E-state index in [-0.39, 0.29) is 0 Å². The van der Waals surface area contributed by atoms with Crippen LogP contribution < -0.4 is 0 Å². The number of rotatable bonds is 6. The molecule has 0 atom stereocenters. The van der Waals surface area contributed by atoms with Gasteiger partial charge in [0.1, 0.15) is 0 Å². The first-order chi connectivity index (χ1) is 11.3. The van der Waals surface area contributed by atoms with Gasteiger partial charge in [0.05, 0.1) is 11.0 Å². The molecule has 0 bridgehead atoms. The molecule has 0 saturated heterocycles. The molecular weight excluding hydrogens is 278 g/mol. The van der Waals surface area contributed by atoms with Gasteiger partial charge in [-0.1, -0.05) is 70.0 Å². The molecule has 23 heavy (non-hydrogen) atoms. The van der Waals surface area contributed by atoms with Crippen molar-refractivity contribution in [3.05, 3.63) is 53.1 Å². The average Bonchev–Trinajstić information content (AvgIpc) is 2.60. The van der Waals surface area contributed by atoms with Crippen LogP contribution in [-0.4, -0.2) is 4.98 Å². The monoisotopic (exact) mass is 305 g/mol. The summed E-state index contributed by atoms with van der Waals surface area (Å²) in [4.78, 5) is 5.11. The minimum atomic E-state index is 1.04. The first kappa shape index (κ1) is 16.0. The lowest BCUT2D eigenvalue weighted by atomic mass is 9.94. The molecule has 0 amide bonds. The van der Waals surface area contributed by atoms with Gasteiger partial charge < -0.3 is 0 Å². The number of benzene rings is 2. The van der Waals surface area contributed by atoms with Crippen LogP contribution in [0.5, 0.6) is 0 Å². The number of nitrogens with zero attached hydrogens (tertiary/aromatic N) is 1. The molecular formula is C22H27N. The van der Waals surface area contributed by atoms with Crippen LogP contribution in [0.15, 0.2) is 36.4 Å². The molecule has 1 heteroatoms. The van der Waals surface area contributed by atoms with Gasteiger partial charge >= 0.3 is 0 Å². The van der Waals surface area contributed by atoms with Gasteiger partial charge in [-0.05, 0) is 42.4 Å². The molecule has 0 radical (unpaired) electrons. The van der Waals surface area contributed by atoms with Crippen molar-refractivity contribution < 1.29 is 0 Å². The van der Waals surface area contributed by atoms with Gasteiger partial charge in [0.15, 0.2) is 0 Å². The van der Waals surface area contributed by atoms with Crippen LogP contribution in [0.3, 0.4) is 0 Å². The molecule has 1 nitrogen and oxygen atoms in total. The second kappa shape index (κ2) is 7.12. The minimum Gasteiger partial charge on any atom is -0.247 e. The first-order valence-electron chi connectivity index (χ1n) is 9.12. The quantitative estimate of drug-likeness (QED) is 0.387. The second-order valence-corrected chi connectivity index (χ2v) is 6.38. The molecule has 0 saturated carbocycles. The van der Waals surface area contributed by atoms with Crippen molar-refractivity contribution in [2.75, 3.05) is 0 Å². The fraction of sp³-hybridized carbons (Fsp3) is 0.409. The van der Waals surface area contributed by atoms with E-state index >= 15 is 0 Å². The SMILES string of the molecule is CCCCCc1c2cccc(CC)c2nc2c(CC)cccc12. The van der Waals surface area contributed by atoms with Crippen LogP contribution in [-0.2, 0) is 19.3 Å². The van der Waals surface area contributed by atoms with Gasteiger partial charge in [-0.15, -0.1) is 0 Å². The van der Waals surface area contributed by atoms with Crippen molar-refractivity contribution in [1.82, 2.24) is 4.98 Å². The second-order valence-electron chi connectivity index (χ2n) is 6.38. The summed E-state index contributed by atoms with van der Waals surface area (Å²) in [6, 6.07) is 13.4. The number of fused-ring (bicyclic) bond motifs is 2. The van der Waals surface area contributed by atoms with Crippen molar-refractivity contribution >= 4 is 21.8 Å². The van der Waals surface area contributed by atoms with Gasteiger partial charge in [0.25, 0.3) is 0 Å². The number of hydrogen-bond acceptors (Lipinski definition) is 1. The summed E-state index contributed by atoms with van der Waals surface area (Å²) in [5.74, 6) is 0. The van der Waals surface area contributed by atoms with Gasteiger partial charge in [-0.2, -0.15) is 0 Å². The number of unbranched alkanes of at least 4 members (excludes halogenated alkanes) is 2. The maximum atomic E-state index is 5.11. The molecule has 0 unspecified atom stereocenters. The highest BCUT2D eigenvalue weighted by atomic mass is 14.7. The van der Waals surface area contributed by atoms with Crippen molar-refractivity contribution in [3.63, 3.8) is 0 Å². The Kier molecular flexibility index (Phi) is 4.95. The highest BCUT2D eigenvalue weighted by Gasteiger charge is 2.12. The number of hydrogen-bond donors (Lipinski definition) is 0. The zero-order chi connectivity index (χ0) is 16.2. The van der Waals surface area contributed by atoms with E-state index in [0.717, 1.165) is 19.3 Å². The molecule has 1 heterocycles. The van der Waals surface area contributed by atoms with Crippen LogP contribution in [0.4, 0.5) is 0 Å². The molecule has 0 aliphatic heterocycles. The summed E-state index contributed by atoms with van der Waals surface area (Å²) in [5, 5.41) is 2.72. The van der Waals surface area contributed by atoms with Gasteiger partial charge in [0, 0.05) is 10.8 Å². The fourth-order valence-corrected chi connectivity index (χ4v) is 3.58. The predicted octanol–water partition coefficient (Wildman–Crippen LogP) is 6.25. The van der Waals surface area contributed by atoms with Crippen LogP contribution in [0.1, 0.15) is 56.7 Å². The van der Waals surface area contributed by atoms with Gasteiger partial charge in [-0.25, -0.2) is 4.98 Å². The largest absolute Gasteiger partial charge is 0.247 e. The standard InChI is InChI=1S/C22H27N/c1-4-7-8-13-18-19-14-9-11-16(5-2)21(19)23-22-17(6-3)12-10-15-20(18)22/h9-12,14-15H,4-8,13H2,1-3H3. The molecule has 0 fully saturated rings. The zero-order valence-corrected chi connectivity index (χ0v) is 14.7. The summed E-state index contributed by atoms with van der Waals surface area (Å²) in [5.41, 5.74) is 6.67. The van der Waals surface area contributed by atoms with E-state index < -0.39 is 0 Å². The third-order valence-corrected chi connectivity index (χ3v) is 4.91. The normalized spacial score (nSPS) is 11.4. The van der Waals surface area contributed by atoms with E-state index in [9.17, 15) is 0 Å². The van der Waals surface area contributed by atoms with Crippen molar-refractivity contribution in [2.45, 2.75) is 59.3 Å². The summed E-state index contributed by atoms with van der Waals surface area (Å²) in [6.45, 7) is 6.72. The van der Waals surface area contributed by atoms with Crippen LogP contribution in [0.25, 0.3) is 21.8 Å². The summed E-state index contributed by atoms with van der Waals surface area (Å²) in [6.07, 6.45) is 7.06. The van der Waals surface area contributed by atoms with Crippen LogP contribution in [0.2, 0.25) is 0 Å². The maximum absolute atomic E-state index is 5.11. The predicted molar refractivity (Wildman–Crippen MR) is 101 cm³/mol. The van der Waals surface area contributed by atoms with E-state index in [0.29, 0.717) is 0 Å². The van der Waals surface area contributed by atoms with E-state index in [4.69, 9.17) is 4.98 Å². The van der Waals surface area contributed by atoms with Gasteiger partial charge in [-0.3, -0.25) is 0 Å². The van der Waals surface area contributed by atoms with E-state index in [1.807, 2.05) is 0 Å². The summed E-state index contributed by atoms with van der Waals surface area (Å²) >= 11 is 0. The lowest BCUT2D eigenvalue weighted by Crippen LogP contribution is -1.98. The third-order valence-electron chi connectivity index (χ3n) is 4.91. The van der Waals surface area contributed by atoms with E-state index in [1.54, 1.807) is 0 Å². The summed E-state index contributed by atoms with van der Waals surface area (Å²) in [7, 11) is 0. The minimum absolute atomic E-state index is 1.04. The smallest absolute Gasteiger partial charge is 0.0744 e. The number of aryl methyl sites for hydroxylation is 3. The Labute approximate surface area is 139 Å². The lowest BCUT2D eigenvalue weighted by molar-refractivity contribution is 0.721. The average molecular weight is 305 g/mol. The molecule has 0 N–H and O–H groups in total. The Balaban J connectivity index is 2.32. The molecule has 0 aliphatic rings. The van der Waals surface area contributed by atoms with E-state index in [2.05, 4.69) is 57.2 Å². The Bertz CT molecular complexity index is 755. The molecule has 3 rings (SSSR count). The van der Waals surface area contributed by atoms with Crippen molar-refractivity contribution in [2.24, 2.45) is 0 Å². The van der Waals surface area contributed by atoms with E-state index in [1.165, 1.54) is 57.8 Å². The molecule has 2 aromatic carbocycles. The Hall–Kier alpha value is -1.89. The maximum Gasteiger partial charge on any atom is 0.0744 e. The number of para-hydroxylation sites is 2. The lowest BCUT2D eigenvalue weighted by Gasteiger charge is -2.14. The first-order valence-corrected chi connectivity index (χ1v) is 9.12. The summed E-state index contributed by atoms with van der Waals surface area (Å²) < 4.78 is 0. The Morgan fingerprint density at radius 3 is 1.78 bits per heavy atom. The molecule has 3 aromatic rings.